The van der Waals surface area contributed by atoms with Crippen LogP contribution in [0.1, 0.15) is 24.0 Å². The van der Waals surface area contributed by atoms with E-state index in [9.17, 15) is 4.79 Å². The molecular formula is C24H30O6. The number of rotatable bonds is 12. The summed E-state index contributed by atoms with van der Waals surface area (Å²) >= 11 is 0. The maximum absolute atomic E-state index is 11.0. The van der Waals surface area contributed by atoms with Crippen LogP contribution in [0.25, 0.3) is 10.8 Å². The number of fused-ring (bicyclic) bond motifs is 2. The van der Waals surface area contributed by atoms with Gasteiger partial charge >= 0.3 is 5.97 Å². The third kappa shape index (κ3) is 5.52. The average molecular weight is 414 g/mol. The molecule has 0 saturated carbocycles. The van der Waals surface area contributed by atoms with Crippen LogP contribution in [-0.2, 0) is 31.8 Å². The van der Waals surface area contributed by atoms with Gasteiger partial charge in [0.05, 0.1) is 19.8 Å². The normalized spacial score (nSPS) is 13.0. The topological polar surface area (TPSA) is 63.2 Å². The fourth-order valence-corrected chi connectivity index (χ4v) is 3.73. The molecule has 0 aliphatic heterocycles. The maximum Gasteiger partial charge on any atom is 0.330 e. The molecule has 0 N–H and O–H groups in total. The zero-order valence-corrected chi connectivity index (χ0v) is 17.6. The summed E-state index contributed by atoms with van der Waals surface area (Å²) in [5.41, 5.74) is 2.50. The Morgan fingerprint density at radius 2 is 1.47 bits per heavy atom. The number of benzene rings is 2. The molecule has 1 aliphatic rings. The predicted octanol–water partition coefficient (Wildman–Crippen LogP) is 3.87. The molecule has 30 heavy (non-hydrogen) atoms. The number of carbonyl (C=O) groups is 1. The van der Waals surface area contributed by atoms with Crippen LogP contribution in [0.5, 0.6) is 11.5 Å². The van der Waals surface area contributed by atoms with Crippen molar-refractivity contribution in [2.45, 2.75) is 25.7 Å². The van der Waals surface area contributed by atoms with Crippen molar-refractivity contribution in [3.05, 3.63) is 48.0 Å². The van der Waals surface area contributed by atoms with Crippen LogP contribution in [0.4, 0.5) is 0 Å². The number of hydrogen-bond acceptors (Lipinski definition) is 6. The van der Waals surface area contributed by atoms with Crippen LogP contribution in [-0.4, -0.2) is 52.7 Å². The second kappa shape index (κ2) is 11.6. The van der Waals surface area contributed by atoms with E-state index in [1.807, 2.05) is 12.1 Å². The van der Waals surface area contributed by atoms with Crippen molar-refractivity contribution in [1.29, 1.82) is 0 Å². The van der Waals surface area contributed by atoms with Gasteiger partial charge in [-0.2, -0.15) is 0 Å². The van der Waals surface area contributed by atoms with E-state index in [2.05, 4.69) is 18.7 Å². The average Bonchev–Trinajstić information content (AvgIpc) is 2.79. The molecule has 3 rings (SSSR count). The lowest BCUT2D eigenvalue weighted by Gasteiger charge is -2.25. The van der Waals surface area contributed by atoms with Gasteiger partial charge in [0.25, 0.3) is 0 Å². The minimum Gasteiger partial charge on any atom is -0.490 e. The van der Waals surface area contributed by atoms with Gasteiger partial charge < -0.3 is 23.7 Å². The van der Waals surface area contributed by atoms with E-state index in [1.165, 1.54) is 11.1 Å². The van der Waals surface area contributed by atoms with Crippen LogP contribution in [0.3, 0.4) is 0 Å². The van der Waals surface area contributed by atoms with E-state index in [-0.39, 0.29) is 6.61 Å². The van der Waals surface area contributed by atoms with Crippen LogP contribution in [0.15, 0.2) is 36.9 Å². The third-order valence-electron chi connectivity index (χ3n) is 5.08. The smallest absolute Gasteiger partial charge is 0.330 e. The van der Waals surface area contributed by atoms with Gasteiger partial charge in [-0.25, -0.2) is 4.79 Å². The molecule has 0 unspecified atom stereocenters. The van der Waals surface area contributed by atoms with Gasteiger partial charge in [-0.1, -0.05) is 30.8 Å². The van der Waals surface area contributed by atoms with Crippen LogP contribution in [0.2, 0.25) is 0 Å². The highest BCUT2D eigenvalue weighted by molar-refractivity contribution is 5.96. The zero-order chi connectivity index (χ0) is 21.2. The molecule has 0 bridgehead atoms. The molecular weight excluding hydrogens is 384 g/mol. The van der Waals surface area contributed by atoms with Gasteiger partial charge in [0.2, 0.25) is 0 Å². The fraction of sp³-hybridized carbons (Fsp3) is 0.458. The summed E-state index contributed by atoms with van der Waals surface area (Å²) in [6.45, 7) is 5.82. The fourth-order valence-electron chi connectivity index (χ4n) is 3.73. The second-order valence-corrected chi connectivity index (χ2v) is 7.04. The lowest BCUT2D eigenvalue weighted by molar-refractivity contribution is -0.139. The highest BCUT2D eigenvalue weighted by Crippen LogP contribution is 2.44. The van der Waals surface area contributed by atoms with Crippen molar-refractivity contribution in [1.82, 2.24) is 0 Å². The van der Waals surface area contributed by atoms with Crippen LogP contribution >= 0.6 is 0 Å². The number of carbonyl (C=O) groups excluding carboxylic acids is 1. The van der Waals surface area contributed by atoms with Gasteiger partial charge in [-0.05, 0) is 25.7 Å². The molecule has 2 aromatic rings. The predicted molar refractivity (Wildman–Crippen MR) is 115 cm³/mol. The summed E-state index contributed by atoms with van der Waals surface area (Å²) < 4.78 is 28.0. The molecule has 0 heterocycles. The third-order valence-corrected chi connectivity index (χ3v) is 5.08. The molecule has 0 aromatic heterocycles. The van der Waals surface area contributed by atoms with Gasteiger partial charge in [0.15, 0.2) is 0 Å². The van der Waals surface area contributed by atoms with Crippen LogP contribution in [0, 0.1) is 0 Å². The molecule has 1 aliphatic carbocycles. The lowest BCUT2D eigenvalue weighted by atomic mass is 9.87. The van der Waals surface area contributed by atoms with Crippen molar-refractivity contribution < 1.29 is 28.5 Å². The minimum absolute atomic E-state index is 0.205. The first kappa shape index (κ1) is 22.1. The van der Waals surface area contributed by atoms with Crippen LogP contribution < -0.4 is 9.47 Å². The summed E-state index contributed by atoms with van der Waals surface area (Å²) in [7, 11) is 1.68. The Hall–Kier alpha value is -2.57. The second-order valence-electron chi connectivity index (χ2n) is 7.04. The summed E-state index contributed by atoms with van der Waals surface area (Å²) in [6, 6.07) is 8.22. The molecule has 0 atom stereocenters. The quantitative estimate of drug-likeness (QED) is 0.299. The van der Waals surface area contributed by atoms with E-state index in [0.29, 0.717) is 33.0 Å². The summed E-state index contributed by atoms with van der Waals surface area (Å²) in [6.07, 6.45) is 5.40. The van der Waals surface area contributed by atoms with Crippen molar-refractivity contribution >= 4 is 16.7 Å². The van der Waals surface area contributed by atoms with E-state index in [1.54, 1.807) is 7.11 Å². The first-order valence-corrected chi connectivity index (χ1v) is 10.4. The van der Waals surface area contributed by atoms with Gasteiger partial charge in [-0.15, -0.1) is 0 Å². The first-order chi connectivity index (χ1) is 14.8. The number of hydrogen-bond donors (Lipinski definition) is 0. The Balaban J connectivity index is 1.72. The molecule has 162 valence electrons. The van der Waals surface area contributed by atoms with E-state index >= 15 is 0 Å². The maximum atomic E-state index is 11.0. The van der Waals surface area contributed by atoms with E-state index in [4.69, 9.17) is 23.7 Å². The number of methoxy groups -OCH3 is 1. The van der Waals surface area contributed by atoms with E-state index in [0.717, 1.165) is 54.0 Å². The Labute approximate surface area is 177 Å². The largest absolute Gasteiger partial charge is 0.490 e. The molecule has 0 amide bonds. The molecule has 0 saturated heterocycles. The number of ether oxygens (including phenoxy) is 5. The van der Waals surface area contributed by atoms with Gasteiger partial charge in [0.1, 0.15) is 31.3 Å². The Morgan fingerprint density at radius 1 is 0.900 bits per heavy atom. The van der Waals surface area contributed by atoms with Crippen molar-refractivity contribution in [3.63, 3.8) is 0 Å². The molecule has 6 nitrogen and oxygen atoms in total. The van der Waals surface area contributed by atoms with Crippen molar-refractivity contribution in [2.24, 2.45) is 0 Å². The molecule has 6 heteroatoms. The zero-order valence-electron chi connectivity index (χ0n) is 17.6. The highest BCUT2D eigenvalue weighted by atomic mass is 16.6. The molecule has 0 spiro atoms. The van der Waals surface area contributed by atoms with Crippen molar-refractivity contribution in [3.8, 4) is 11.5 Å². The Bertz CT molecular complexity index is 860. The van der Waals surface area contributed by atoms with E-state index < -0.39 is 5.97 Å². The highest BCUT2D eigenvalue weighted by Gasteiger charge is 2.23. The molecule has 0 fully saturated rings. The Morgan fingerprint density at radius 3 is 2.03 bits per heavy atom. The number of esters is 1. The summed E-state index contributed by atoms with van der Waals surface area (Å²) in [5, 5.41) is 2.13. The minimum atomic E-state index is -0.444. The SMILES string of the molecule is C=CC(=O)OCCOCCOc1c2c(c(OCCOC)c3ccccc13)CCCC2. The monoisotopic (exact) mass is 414 g/mol. The molecule has 2 aromatic carbocycles. The summed E-state index contributed by atoms with van der Waals surface area (Å²) in [5.74, 6) is 1.45. The van der Waals surface area contributed by atoms with Gasteiger partial charge in [0, 0.05) is 35.1 Å². The van der Waals surface area contributed by atoms with Gasteiger partial charge in [-0.3, -0.25) is 0 Å². The molecule has 0 radical (unpaired) electrons. The lowest BCUT2D eigenvalue weighted by Crippen LogP contribution is -2.15. The standard InChI is InChI=1S/C24H30O6/c1-3-22(25)28-16-13-27-14-17-30-24-20-10-6-4-8-18(20)23(29-15-12-26-2)19-9-5-7-11-21(19)24/h3-4,6,8,10H,1,5,7,9,11-17H2,2H3. The summed E-state index contributed by atoms with van der Waals surface area (Å²) in [4.78, 5) is 11.0. The Kier molecular flexibility index (Phi) is 8.53. The van der Waals surface area contributed by atoms with Crippen molar-refractivity contribution in [2.75, 3.05) is 46.8 Å². The first-order valence-electron chi connectivity index (χ1n) is 10.4.